The summed E-state index contributed by atoms with van der Waals surface area (Å²) in [7, 11) is 0. The first kappa shape index (κ1) is 9.39. The zero-order valence-corrected chi connectivity index (χ0v) is 7.94. The molecule has 1 aliphatic rings. The highest BCUT2D eigenvalue weighted by molar-refractivity contribution is 7.84. The Hall–Kier alpha value is 0.300. The van der Waals surface area contributed by atoms with Gasteiger partial charge in [-0.1, -0.05) is 6.08 Å². The number of allylic oxidation sites excluding steroid dienone is 1. The summed E-state index contributed by atoms with van der Waals surface area (Å²) in [5.74, 6) is 0. The third-order valence-electron chi connectivity index (χ3n) is 1.26. The molecule has 1 rings (SSSR count). The number of rotatable bonds is 2. The summed E-state index contributed by atoms with van der Waals surface area (Å²) in [6.45, 7) is 3.14. The third kappa shape index (κ3) is 3.03. The van der Waals surface area contributed by atoms with E-state index in [0.717, 1.165) is 4.91 Å². The Kier molecular flexibility index (Phi) is 3.72. The van der Waals surface area contributed by atoms with Gasteiger partial charge in [-0.25, -0.2) is 0 Å². The molecule has 0 bridgehead atoms. The van der Waals surface area contributed by atoms with E-state index in [4.69, 9.17) is 21.1 Å². The number of alkyl halides is 1. The average Bonchev–Trinajstić information content (AvgIpc) is 2.35. The Morgan fingerprint density at radius 3 is 2.64 bits per heavy atom. The first-order valence-corrected chi connectivity index (χ1v) is 4.36. The van der Waals surface area contributed by atoms with Crippen LogP contribution in [0, 0.1) is 0 Å². The quantitative estimate of drug-likeness (QED) is 0.534. The molecule has 1 saturated heterocycles. The van der Waals surface area contributed by atoms with Crippen LogP contribution < -0.4 is 0 Å². The van der Waals surface area contributed by atoms with E-state index in [2.05, 4.69) is 12.6 Å². The summed E-state index contributed by atoms with van der Waals surface area (Å²) in [6.07, 6.45) is 1.51. The zero-order chi connectivity index (χ0) is 8.27. The minimum absolute atomic E-state index is 0.0321. The van der Waals surface area contributed by atoms with Crippen molar-refractivity contribution in [3.63, 3.8) is 0 Å². The molecule has 0 aromatic carbocycles. The van der Waals surface area contributed by atoms with Gasteiger partial charge in [0.15, 0.2) is 6.29 Å². The van der Waals surface area contributed by atoms with Crippen molar-refractivity contribution in [2.45, 2.75) is 18.6 Å². The van der Waals surface area contributed by atoms with Crippen molar-refractivity contribution in [3.05, 3.63) is 11.0 Å². The van der Waals surface area contributed by atoms with Crippen molar-refractivity contribution in [2.75, 3.05) is 13.2 Å². The van der Waals surface area contributed by atoms with Crippen LogP contribution in [0.4, 0.5) is 0 Å². The highest BCUT2D eigenvalue weighted by Crippen LogP contribution is 2.18. The largest absolute Gasteiger partial charge is 0.346 e. The van der Waals surface area contributed by atoms with Gasteiger partial charge in [0.25, 0.3) is 0 Å². The van der Waals surface area contributed by atoms with Crippen molar-refractivity contribution in [1.82, 2.24) is 0 Å². The molecular weight excluding hydrogens is 184 g/mol. The molecule has 0 aromatic rings. The van der Waals surface area contributed by atoms with Gasteiger partial charge in [-0.2, -0.15) is 0 Å². The maximum atomic E-state index is 5.71. The molecule has 1 heterocycles. The molecule has 0 saturated carbocycles. The second-order valence-electron chi connectivity index (χ2n) is 2.34. The smallest absolute Gasteiger partial charge is 0.189 e. The highest BCUT2D eigenvalue weighted by atomic mass is 35.5. The molecule has 2 nitrogen and oxygen atoms in total. The highest BCUT2D eigenvalue weighted by Gasteiger charge is 2.18. The average molecular weight is 195 g/mol. The molecule has 1 aliphatic heterocycles. The molecule has 0 N–H and O–H groups in total. The molecule has 0 spiro atoms. The monoisotopic (exact) mass is 194 g/mol. The fourth-order valence-corrected chi connectivity index (χ4v) is 1.44. The van der Waals surface area contributed by atoms with E-state index in [-0.39, 0.29) is 11.7 Å². The van der Waals surface area contributed by atoms with Gasteiger partial charge in [-0.3, -0.25) is 0 Å². The van der Waals surface area contributed by atoms with E-state index >= 15 is 0 Å². The van der Waals surface area contributed by atoms with Crippen LogP contribution in [0.5, 0.6) is 0 Å². The van der Waals surface area contributed by atoms with Crippen LogP contribution >= 0.6 is 24.2 Å². The maximum absolute atomic E-state index is 5.71. The minimum Gasteiger partial charge on any atom is -0.346 e. The van der Waals surface area contributed by atoms with Crippen LogP contribution in [0.1, 0.15) is 6.92 Å². The van der Waals surface area contributed by atoms with Gasteiger partial charge in [-0.05, 0) is 6.92 Å². The lowest BCUT2D eigenvalue weighted by Crippen LogP contribution is -2.08. The lowest BCUT2D eigenvalue weighted by molar-refractivity contribution is -0.00456. The van der Waals surface area contributed by atoms with E-state index in [0.29, 0.717) is 13.2 Å². The second kappa shape index (κ2) is 4.36. The molecular formula is C7H11ClO2S. The number of hydrogen-bond acceptors (Lipinski definition) is 3. The van der Waals surface area contributed by atoms with Crippen LogP contribution in [-0.4, -0.2) is 24.9 Å². The molecule has 11 heavy (non-hydrogen) atoms. The van der Waals surface area contributed by atoms with Gasteiger partial charge >= 0.3 is 0 Å². The topological polar surface area (TPSA) is 18.5 Å². The Morgan fingerprint density at radius 1 is 1.64 bits per heavy atom. The number of halogens is 1. The Labute approximate surface area is 76.9 Å². The zero-order valence-electron chi connectivity index (χ0n) is 6.29. The van der Waals surface area contributed by atoms with E-state index in [1.165, 1.54) is 0 Å². The first-order valence-electron chi connectivity index (χ1n) is 3.48. The fraction of sp³-hybridized carbons (Fsp3) is 0.714. The Balaban J connectivity index is 2.45. The van der Waals surface area contributed by atoms with Crippen molar-refractivity contribution >= 4 is 24.2 Å². The van der Waals surface area contributed by atoms with E-state index in [9.17, 15) is 0 Å². The molecule has 1 atom stereocenters. The van der Waals surface area contributed by atoms with Crippen molar-refractivity contribution < 1.29 is 9.47 Å². The number of hydrogen-bond donors (Lipinski definition) is 1. The predicted octanol–water partition coefficient (Wildman–Crippen LogP) is 1.80. The Bertz CT molecular complexity index is 153. The lowest BCUT2D eigenvalue weighted by atomic mass is 10.4. The summed E-state index contributed by atoms with van der Waals surface area (Å²) in [4.78, 5) is 0.755. The van der Waals surface area contributed by atoms with E-state index < -0.39 is 0 Å². The molecule has 0 aliphatic carbocycles. The van der Waals surface area contributed by atoms with Crippen molar-refractivity contribution in [3.8, 4) is 0 Å². The number of ether oxygens (including phenoxy) is 2. The summed E-state index contributed by atoms with van der Waals surface area (Å²) in [6, 6.07) is 0. The van der Waals surface area contributed by atoms with Crippen LogP contribution in [0.3, 0.4) is 0 Å². The van der Waals surface area contributed by atoms with Gasteiger partial charge in [0, 0.05) is 10.3 Å². The van der Waals surface area contributed by atoms with Crippen molar-refractivity contribution in [1.29, 1.82) is 0 Å². The first-order chi connectivity index (χ1) is 5.20. The van der Waals surface area contributed by atoms with Crippen molar-refractivity contribution in [2.24, 2.45) is 0 Å². The van der Waals surface area contributed by atoms with Gasteiger partial charge < -0.3 is 9.47 Å². The predicted molar refractivity (Wildman–Crippen MR) is 48.1 cm³/mol. The SMILES string of the molecule is CC(Cl)/C=C(\S)C1OCCO1. The van der Waals surface area contributed by atoms with Crippen LogP contribution in [-0.2, 0) is 9.47 Å². The fourth-order valence-electron chi connectivity index (χ4n) is 0.843. The van der Waals surface area contributed by atoms with Gasteiger partial charge in [0.1, 0.15) is 0 Å². The van der Waals surface area contributed by atoms with Gasteiger partial charge in [-0.15, -0.1) is 24.2 Å². The second-order valence-corrected chi connectivity index (χ2v) is 3.55. The van der Waals surface area contributed by atoms with E-state index in [1.807, 2.05) is 6.92 Å². The molecule has 1 fully saturated rings. The summed E-state index contributed by atoms with van der Waals surface area (Å²) in [5.41, 5.74) is 0. The van der Waals surface area contributed by atoms with Gasteiger partial charge in [0.05, 0.1) is 13.2 Å². The summed E-state index contributed by atoms with van der Waals surface area (Å²) in [5, 5.41) is -0.0321. The minimum atomic E-state index is -0.292. The molecule has 4 heteroatoms. The molecule has 1 unspecified atom stereocenters. The lowest BCUT2D eigenvalue weighted by Gasteiger charge is -2.08. The summed E-state index contributed by atoms with van der Waals surface area (Å²) < 4.78 is 10.4. The van der Waals surface area contributed by atoms with Crippen LogP contribution in [0.15, 0.2) is 11.0 Å². The van der Waals surface area contributed by atoms with E-state index in [1.54, 1.807) is 6.08 Å². The Morgan fingerprint density at radius 2 is 2.18 bits per heavy atom. The summed E-state index contributed by atoms with van der Waals surface area (Å²) >= 11 is 9.91. The molecule has 0 aromatic heterocycles. The normalized spacial score (nSPS) is 24.1. The third-order valence-corrected chi connectivity index (χ3v) is 1.75. The van der Waals surface area contributed by atoms with Crippen LogP contribution in [0.2, 0.25) is 0 Å². The van der Waals surface area contributed by atoms with Crippen LogP contribution in [0.25, 0.3) is 0 Å². The molecule has 0 amide bonds. The number of thiol groups is 1. The molecule has 64 valence electrons. The molecule has 0 radical (unpaired) electrons. The van der Waals surface area contributed by atoms with Gasteiger partial charge in [0.2, 0.25) is 0 Å². The maximum Gasteiger partial charge on any atom is 0.189 e. The standard InChI is InChI=1S/C7H11ClO2S/c1-5(8)4-6(11)7-9-2-3-10-7/h4-5,7,11H,2-3H2,1H3/b6-4-.